The Kier molecular flexibility index (Phi) is 4.33. The summed E-state index contributed by atoms with van der Waals surface area (Å²) in [6.45, 7) is 3.38. The molecule has 2 rings (SSSR count). The number of halogens is 1. The molecule has 1 heterocycles. The zero-order valence-corrected chi connectivity index (χ0v) is 13.3. The molecule has 1 aromatic heterocycles. The van der Waals surface area contributed by atoms with Crippen LogP contribution in [0.15, 0.2) is 28.5 Å². The quantitative estimate of drug-likeness (QED) is 0.902. The van der Waals surface area contributed by atoms with Crippen LogP contribution in [0.5, 0.6) is 0 Å². The Morgan fingerprint density at radius 1 is 1.35 bits per heavy atom. The number of nitrogens with two attached hydrogens (primary N) is 1. The van der Waals surface area contributed by atoms with Gasteiger partial charge in [0.1, 0.15) is 0 Å². The summed E-state index contributed by atoms with van der Waals surface area (Å²) in [5.41, 5.74) is 6.77. The Morgan fingerprint density at radius 3 is 2.45 bits per heavy atom. The number of benzene rings is 1. The highest BCUT2D eigenvalue weighted by Crippen LogP contribution is 2.26. The van der Waals surface area contributed by atoms with Gasteiger partial charge in [-0.15, -0.1) is 0 Å². The molecule has 2 aromatic rings. The number of thiazole rings is 1. The lowest BCUT2D eigenvalue weighted by Gasteiger charge is -2.14. The SMILES string of the molecule is Cc1nc(N)sc1S(=O)(=O)NC(C)c1ccc(Cl)cc1. The molecule has 20 heavy (non-hydrogen) atoms. The van der Waals surface area contributed by atoms with Gasteiger partial charge in [0, 0.05) is 11.1 Å². The van der Waals surface area contributed by atoms with E-state index in [1.165, 1.54) is 0 Å². The van der Waals surface area contributed by atoms with E-state index in [-0.39, 0.29) is 15.4 Å². The van der Waals surface area contributed by atoms with E-state index in [0.717, 1.165) is 16.9 Å². The van der Waals surface area contributed by atoms with Crippen LogP contribution in [0.4, 0.5) is 5.13 Å². The highest BCUT2D eigenvalue weighted by molar-refractivity contribution is 7.91. The van der Waals surface area contributed by atoms with Gasteiger partial charge in [-0.05, 0) is 31.5 Å². The molecule has 0 bridgehead atoms. The molecule has 108 valence electrons. The molecule has 5 nitrogen and oxygen atoms in total. The van der Waals surface area contributed by atoms with Crippen molar-refractivity contribution in [2.24, 2.45) is 0 Å². The maximum absolute atomic E-state index is 12.3. The van der Waals surface area contributed by atoms with Gasteiger partial charge in [0.2, 0.25) is 0 Å². The van der Waals surface area contributed by atoms with Gasteiger partial charge in [0.15, 0.2) is 9.34 Å². The van der Waals surface area contributed by atoms with Crippen LogP contribution in [0, 0.1) is 6.92 Å². The second-order valence-electron chi connectivity index (χ2n) is 4.32. The number of nitrogens with one attached hydrogen (secondary N) is 1. The molecule has 3 N–H and O–H groups in total. The summed E-state index contributed by atoms with van der Waals surface area (Å²) in [4.78, 5) is 3.93. The number of aryl methyl sites for hydroxylation is 1. The summed E-state index contributed by atoms with van der Waals surface area (Å²) in [6, 6.07) is 6.63. The van der Waals surface area contributed by atoms with Gasteiger partial charge in [0.25, 0.3) is 10.0 Å². The number of rotatable bonds is 4. The van der Waals surface area contributed by atoms with E-state index in [1.807, 2.05) is 0 Å². The van der Waals surface area contributed by atoms with Crippen molar-refractivity contribution in [1.29, 1.82) is 0 Å². The van der Waals surface area contributed by atoms with Gasteiger partial charge in [-0.3, -0.25) is 0 Å². The van der Waals surface area contributed by atoms with Gasteiger partial charge in [-0.2, -0.15) is 0 Å². The van der Waals surface area contributed by atoms with Crippen molar-refractivity contribution in [3.05, 3.63) is 40.5 Å². The summed E-state index contributed by atoms with van der Waals surface area (Å²) in [5.74, 6) is 0. The molecule has 0 saturated heterocycles. The molecule has 1 aromatic carbocycles. The predicted molar refractivity (Wildman–Crippen MR) is 81.5 cm³/mol. The molecule has 0 aliphatic carbocycles. The van der Waals surface area contributed by atoms with Crippen LogP contribution < -0.4 is 10.5 Å². The Morgan fingerprint density at radius 2 is 1.95 bits per heavy atom. The van der Waals surface area contributed by atoms with Crippen molar-refractivity contribution in [2.75, 3.05) is 5.73 Å². The average molecular weight is 332 g/mol. The summed E-state index contributed by atoms with van der Waals surface area (Å²) in [6.07, 6.45) is 0. The van der Waals surface area contributed by atoms with Crippen LogP contribution in [-0.2, 0) is 10.0 Å². The molecule has 1 atom stereocenters. The fraction of sp³-hybridized carbons (Fsp3) is 0.250. The summed E-state index contributed by atoms with van der Waals surface area (Å²) in [7, 11) is -3.63. The maximum Gasteiger partial charge on any atom is 0.252 e. The second kappa shape index (κ2) is 5.69. The molecule has 0 fully saturated rings. The monoisotopic (exact) mass is 331 g/mol. The molecule has 0 aliphatic rings. The average Bonchev–Trinajstić information content (AvgIpc) is 2.69. The largest absolute Gasteiger partial charge is 0.375 e. The van der Waals surface area contributed by atoms with Gasteiger partial charge < -0.3 is 5.73 Å². The third-order valence-electron chi connectivity index (χ3n) is 2.72. The second-order valence-corrected chi connectivity index (χ2v) is 7.70. The van der Waals surface area contributed by atoms with Crippen LogP contribution in [0.1, 0.15) is 24.2 Å². The number of nitrogen functional groups attached to an aromatic ring is 1. The number of hydrogen-bond donors (Lipinski definition) is 2. The third kappa shape index (κ3) is 3.29. The van der Waals surface area contributed by atoms with E-state index >= 15 is 0 Å². The molecule has 0 saturated carbocycles. The van der Waals surface area contributed by atoms with E-state index in [2.05, 4.69) is 9.71 Å². The fourth-order valence-electron chi connectivity index (χ4n) is 1.76. The van der Waals surface area contributed by atoms with Crippen molar-refractivity contribution < 1.29 is 8.42 Å². The van der Waals surface area contributed by atoms with E-state index < -0.39 is 10.0 Å². The van der Waals surface area contributed by atoms with Crippen molar-refractivity contribution in [3.63, 3.8) is 0 Å². The summed E-state index contributed by atoms with van der Waals surface area (Å²) >= 11 is 6.77. The number of nitrogens with zero attached hydrogens (tertiary/aromatic N) is 1. The van der Waals surface area contributed by atoms with Gasteiger partial charge in [-0.25, -0.2) is 18.1 Å². The first-order chi connectivity index (χ1) is 9.29. The molecular formula is C12H14ClN3O2S2. The van der Waals surface area contributed by atoms with Crippen LogP contribution in [0.2, 0.25) is 5.02 Å². The standard InChI is InChI=1S/C12H14ClN3O2S2/c1-7(9-3-5-10(13)6-4-9)16-20(17,18)11-8(2)15-12(14)19-11/h3-7,16H,1-2H3,(H2,14,15). The van der Waals surface area contributed by atoms with Crippen LogP contribution in [0.3, 0.4) is 0 Å². The maximum atomic E-state index is 12.3. The minimum atomic E-state index is -3.63. The van der Waals surface area contributed by atoms with Crippen molar-refractivity contribution in [2.45, 2.75) is 24.1 Å². The molecule has 8 heteroatoms. The van der Waals surface area contributed by atoms with Crippen LogP contribution in [0.25, 0.3) is 0 Å². The number of hydrogen-bond acceptors (Lipinski definition) is 5. The normalized spacial score (nSPS) is 13.3. The Labute approximate surface area is 126 Å². The van der Waals surface area contributed by atoms with Crippen LogP contribution in [-0.4, -0.2) is 13.4 Å². The number of anilines is 1. The lowest BCUT2D eigenvalue weighted by Crippen LogP contribution is -2.26. The van der Waals surface area contributed by atoms with Gasteiger partial charge >= 0.3 is 0 Å². The highest BCUT2D eigenvalue weighted by Gasteiger charge is 2.23. The Hall–Kier alpha value is -1.15. The topological polar surface area (TPSA) is 85.1 Å². The third-order valence-corrected chi connectivity index (χ3v) is 6.11. The van der Waals surface area contributed by atoms with E-state index in [9.17, 15) is 8.42 Å². The molecular weight excluding hydrogens is 318 g/mol. The number of sulfonamides is 1. The lowest BCUT2D eigenvalue weighted by molar-refractivity contribution is 0.568. The van der Waals surface area contributed by atoms with Gasteiger partial charge in [-0.1, -0.05) is 35.1 Å². The van der Waals surface area contributed by atoms with Crippen molar-refractivity contribution in [3.8, 4) is 0 Å². The zero-order valence-electron chi connectivity index (χ0n) is 10.9. The van der Waals surface area contributed by atoms with Gasteiger partial charge in [0.05, 0.1) is 5.69 Å². The predicted octanol–water partition coefficient (Wildman–Crippen LogP) is 2.73. The molecule has 0 radical (unpaired) electrons. The Bertz CT molecular complexity index is 711. The van der Waals surface area contributed by atoms with Crippen molar-refractivity contribution in [1.82, 2.24) is 9.71 Å². The molecule has 1 unspecified atom stereocenters. The first-order valence-corrected chi connectivity index (χ1v) is 8.48. The van der Waals surface area contributed by atoms with Crippen molar-refractivity contribution >= 4 is 38.1 Å². The molecule has 0 spiro atoms. The van der Waals surface area contributed by atoms with Crippen LogP contribution >= 0.6 is 22.9 Å². The Balaban J connectivity index is 2.24. The van der Waals surface area contributed by atoms with E-state index in [0.29, 0.717) is 10.7 Å². The smallest absolute Gasteiger partial charge is 0.252 e. The van der Waals surface area contributed by atoms with E-state index in [1.54, 1.807) is 38.1 Å². The fourth-order valence-corrected chi connectivity index (χ4v) is 4.43. The summed E-state index contributed by atoms with van der Waals surface area (Å²) in [5, 5.41) is 0.844. The minimum absolute atomic E-state index is 0.149. The molecule has 0 amide bonds. The zero-order chi connectivity index (χ0) is 14.9. The first kappa shape index (κ1) is 15.2. The lowest BCUT2D eigenvalue weighted by atomic mass is 10.1. The summed E-state index contributed by atoms with van der Waals surface area (Å²) < 4.78 is 27.3. The first-order valence-electron chi connectivity index (χ1n) is 5.80. The molecule has 0 aliphatic heterocycles. The number of aromatic nitrogens is 1. The highest BCUT2D eigenvalue weighted by atomic mass is 35.5. The minimum Gasteiger partial charge on any atom is -0.375 e. The van der Waals surface area contributed by atoms with E-state index in [4.69, 9.17) is 17.3 Å².